The quantitative estimate of drug-likeness (QED) is 0.531. The van der Waals surface area contributed by atoms with Crippen molar-refractivity contribution in [1.82, 2.24) is 10.9 Å². The average molecular weight is 290 g/mol. The molecule has 0 aromatic heterocycles. The molecule has 0 unspecified atom stereocenters. The minimum absolute atomic E-state index is 0.332. The minimum atomic E-state index is -0.634. The van der Waals surface area contributed by atoms with Gasteiger partial charge in [0.1, 0.15) is 0 Å². The molecule has 8 heteroatoms. The molecule has 21 heavy (non-hydrogen) atoms. The number of fused-ring (bicyclic) bond motifs is 2. The normalized spacial score (nSPS) is 45.5. The van der Waals surface area contributed by atoms with Crippen LogP contribution in [-0.4, -0.2) is 23.5 Å². The third-order valence-corrected chi connectivity index (χ3v) is 5.78. The summed E-state index contributed by atoms with van der Waals surface area (Å²) in [6.45, 7) is 0. The minimum Gasteiger partial charge on any atom is -0.350 e. The zero-order valence-corrected chi connectivity index (χ0v) is 11.5. The predicted octanol–water partition coefficient (Wildman–Crippen LogP) is -0.0431. The third-order valence-electron chi connectivity index (χ3n) is 5.78. The van der Waals surface area contributed by atoms with Gasteiger partial charge in [-0.15, -0.1) is 0 Å². The van der Waals surface area contributed by atoms with Crippen molar-refractivity contribution >= 4 is 23.5 Å². The van der Waals surface area contributed by atoms with Gasteiger partial charge in [-0.25, -0.2) is 20.4 Å². The standard InChI is InChI=1S/C13H18N6O2/c14-12(20)18-16-8-2-4-5-3-9(17-19-13(15)21)11-7(5)1-6(4)10(8)11/h4-7,10-11H,1-3H2,(H3,14,18,20)(H3,15,19,21)/b16-8-,17-9+/t4-,5+,6-,7-,10+,11+/m0/s1. The van der Waals surface area contributed by atoms with Crippen LogP contribution in [0.2, 0.25) is 0 Å². The molecule has 8 nitrogen and oxygen atoms in total. The smallest absolute Gasteiger partial charge is 0.332 e. The molecule has 0 aliphatic heterocycles. The number of urea groups is 2. The maximum Gasteiger partial charge on any atom is 0.332 e. The molecule has 0 heterocycles. The maximum atomic E-state index is 10.9. The Morgan fingerprint density at radius 3 is 1.67 bits per heavy atom. The molecule has 0 radical (unpaired) electrons. The first-order valence-corrected chi connectivity index (χ1v) is 7.30. The molecule has 112 valence electrons. The van der Waals surface area contributed by atoms with E-state index in [1.807, 2.05) is 0 Å². The van der Waals surface area contributed by atoms with E-state index in [2.05, 4.69) is 21.1 Å². The van der Waals surface area contributed by atoms with Crippen molar-refractivity contribution in [2.24, 2.45) is 57.2 Å². The number of carbonyl (C=O) groups is 2. The molecule has 0 aromatic rings. The number of hydrazone groups is 2. The Kier molecular flexibility index (Phi) is 2.51. The summed E-state index contributed by atoms with van der Waals surface area (Å²) in [6.07, 6.45) is 3.10. The van der Waals surface area contributed by atoms with Crippen molar-refractivity contribution in [3.05, 3.63) is 0 Å². The molecule has 4 rings (SSSR count). The van der Waals surface area contributed by atoms with Crippen LogP contribution in [0, 0.1) is 35.5 Å². The lowest BCUT2D eigenvalue weighted by Crippen LogP contribution is -2.32. The summed E-state index contributed by atoms with van der Waals surface area (Å²) >= 11 is 0. The van der Waals surface area contributed by atoms with Gasteiger partial charge in [0.15, 0.2) is 0 Å². The lowest BCUT2D eigenvalue weighted by Gasteiger charge is -2.24. The monoisotopic (exact) mass is 290 g/mol. The first kappa shape index (κ1) is 12.6. The fraction of sp³-hybridized carbons (Fsp3) is 0.692. The van der Waals surface area contributed by atoms with E-state index in [1.165, 1.54) is 6.42 Å². The van der Waals surface area contributed by atoms with Gasteiger partial charge in [-0.3, -0.25) is 0 Å². The van der Waals surface area contributed by atoms with Gasteiger partial charge in [0.05, 0.1) is 0 Å². The topological polar surface area (TPSA) is 135 Å². The summed E-state index contributed by atoms with van der Waals surface area (Å²) in [4.78, 5) is 21.7. The van der Waals surface area contributed by atoms with Crippen LogP contribution in [0.5, 0.6) is 0 Å². The number of amides is 4. The Morgan fingerprint density at radius 1 is 0.857 bits per heavy atom. The molecule has 6 atom stereocenters. The lowest BCUT2D eigenvalue weighted by molar-refractivity contribution is 0.241. The second-order valence-electron chi connectivity index (χ2n) is 6.51. The first-order chi connectivity index (χ1) is 10.1. The second-order valence-corrected chi connectivity index (χ2v) is 6.51. The summed E-state index contributed by atoms with van der Waals surface area (Å²) in [6, 6.07) is -1.27. The molecule has 0 saturated heterocycles. The fourth-order valence-corrected chi connectivity index (χ4v) is 5.42. The van der Waals surface area contributed by atoms with E-state index in [0.29, 0.717) is 35.5 Å². The van der Waals surface area contributed by atoms with E-state index in [9.17, 15) is 9.59 Å². The number of rotatable bonds is 2. The molecule has 4 aliphatic carbocycles. The first-order valence-electron chi connectivity index (χ1n) is 7.30. The highest BCUT2D eigenvalue weighted by Crippen LogP contribution is 2.68. The largest absolute Gasteiger partial charge is 0.350 e. The number of nitrogens with zero attached hydrogens (tertiary/aromatic N) is 2. The summed E-state index contributed by atoms with van der Waals surface area (Å²) in [7, 11) is 0. The van der Waals surface area contributed by atoms with E-state index in [1.54, 1.807) is 0 Å². The van der Waals surface area contributed by atoms with Crippen LogP contribution in [0.15, 0.2) is 10.2 Å². The predicted molar refractivity (Wildman–Crippen MR) is 75.1 cm³/mol. The molecule has 0 spiro atoms. The van der Waals surface area contributed by atoms with Crippen LogP contribution in [0.4, 0.5) is 9.59 Å². The van der Waals surface area contributed by atoms with Crippen molar-refractivity contribution in [3.8, 4) is 0 Å². The van der Waals surface area contributed by atoms with E-state index in [-0.39, 0.29) is 0 Å². The van der Waals surface area contributed by atoms with Crippen LogP contribution in [0.3, 0.4) is 0 Å². The lowest BCUT2D eigenvalue weighted by atomic mass is 9.79. The van der Waals surface area contributed by atoms with E-state index in [4.69, 9.17) is 11.5 Å². The number of primary amides is 2. The van der Waals surface area contributed by atoms with Gasteiger partial charge in [-0.1, -0.05) is 0 Å². The molecular formula is C13H18N6O2. The number of nitrogens with two attached hydrogens (primary N) is 2. The highest BCUT2D eigenvalue weighted by molar-refractivity contribution is 6.01. The van der Waals surface area contributed by atoms with Crippen LogP contribution in [-0.2, 0) is 0 Å². The third kappa shape index (κ3) is 1.68. The molecule has 4 aliphatic rings. The number of hydrogen-bond acceptors (Lipinski definition) is 4. The summed E-state index contributed by atoms with van der Waals surface area (Å²) in [5, 5.41) is 8.43. The van der Waals surface area contributed by atoms with Crippen molar-refractivity contribution in [2.75, 3.05) is 0 Å². The Labute approximate surface area is 121 Å². The van der Waals surface area contributed by atoms with E-state index >= 15 is 0 Å². The average Bonchev–Trinajstić information content (AvgIpc) is 3.03. The van der Waals surface area contributed by atoms with Crippen LogP contribution >= 0.6 is 0 Å². The van der Waals surface area contributed by atoms with Gasteiger partial charge in [0.25, 0.3) is 0 Å². The molecule has 4 saturated carbocycles. The molecule has 0 aromatic carbocycles. The highest BCUT2D eigenvalue weighted by atomic mass is 16.2. The van der Waals surface area contributed by atoms with Crippen molar-refractivity contribution in [3.63, 3.8) is 0 Å². The molecular weight excluding hydrogens is 272 g/mol. The number of hydrogen-bond donors (Lipinski definition) is 4. The maximum absolute atomic E-state index is 10.9. The van der Waals surface area contributed by atoms with Gasteiger partial charge < -0.3 is 11.5 Å². The Morgan fingerprint density at radius 2 is 1.29 bits per heavy atom. The molecule has 4 fully saturated rings. The fourth-order valence-electron chi connectivity index (χ4n) is 5.42. The SMILES string of the molecule is NC(=O)N/N=C1/C[C@H]2[C@H]3C/C(=N\NC(N)=O)[C@H]4[C@H]3C[C@@H]2[C@H]14. The summed E-state index contributed by atoms with van der Waals surface area (Å²) in [5.41, 5.74) is 17.0. The van der Waals surface area contributed by atoms with E-state index in [0.717, 1.165) is 24.3 Å². The van der Waals surface area contributed by atoms with Crippen LogP contribution < -0.4 is 22.3 Å². The van der Waals surface area contributed by atoms with Crippen LogP contribution in [0.25, 0.3) is 0 Å². The van der Waals surface area contributed by atoms with E-state index < -0.39 is 12.1 Å². The highest BCUT2D eigenvalue weighted by Gasteiger charge is 2.67. The summed E-state index contributed by atoms with van der Waals surface area (Å²) in [5.74, 6) is 3.20. The number of nitrogens with one attached hydrogen (secondary N) is 2. The van der Waals surface area contributed by atoms with Gasteiger partial charge in [-0.05, 0) is 42.9 Å². The van der Waals surface area contributed by atoms with Gasteiger partial charge >= 0.3 is 12.1 Å². The van der Waals surface area contributed by atoms with Gasteiger partial charge in [0, 0.05) is 23.3 Å². The van der Waals surface area contributed by atoms with Crippen molar-refractivity contribution < 1.29 is 9.59 Å². The zero-order chi connectivity index (χ0) is 14.7. The molecule has 6 N–H and O–H groups in total. The Bertz CT molecular complexity index is 531. The zero-order valence-electron chi connectivity index (χ0n) is 11.5. The van der Waals surface area contributed by atoms with Crippen molar-refractivity contribution in [1.29, 1.82) is 0 Å². The van der Waals surface area contributed by atoms with Crippen LogP contribution in [0.1, 0.15) is 19.3 Å². The molecule has 2 bridgehead atoms. The Balaban J connectivity index is 1.63. The molecule has 4 amide bonds. The van der Waals surface area contributed by atoms with Crippen molar-refractivity contribution in [2.45, 2.75) is 19.3 Å². The summed E-state index contributed by atoms with van der Waals surface area (Å²) < 4.78 is 0. The Hall–Kier alpha value is -2.12. The number of carbonyl (C=O) groups excluding carboxylic acids is 2. The van der Waals surface area contributed by atoms with Gasteiger partial charge in [-0.2, -0.15) is 10.2 Å². The second kappa shape index (κ2) is 4.19. The van der Waals surface area contributed by atoms with Gasteiger partial charge in [0.2, 0.25) is 0 Å².